The molecule has 2 aromatic rings. The van der Waals surface area contributed by atoms with E-state index in [0.717, 1.165) is 11.3 Å². The number of hydrogen-bond acceptors (Lipinski definition) is 3. The molecule has 2 aromatic heterocycles. The predicted octanol–water partition coefficient (Wildman–Crippen LogP) is 3.17. The van der Waals surface area contributed by atoms with E-state index in [9.17, 15) is 4.79 Å². The van der Waals surface area contributed by atoms with Crippen molar-refractivity contribution in [1.29, 1.82) is 0 Å². The molecule has 2 heterocycles. The fourth-order valence-electron chi connectivity index (χ4n) is 1.42. The predicted molar refractivity (Wildman–Crippen MR) is 79.0 cm³/mol. The van der Waals surface area contributed by atoms with Crippen LogP contribution in [0.3, 0.4) is 0 Å². The van der Waals surface area contributed by atoms with E-state index in [0.29, 0.717) is 10.1 Å². The van der Waals surface area contributed by atoms with Gasteiger partial charge in [0.25, 0.3) is 5.56 Å². The molecule has 0 radical (unpaired) electrons. The fraction of sp³-hybridized carbons (Fsp3) is 0.273. The van der Waals surface area contributed by atoms with Crippen LogP contribution >= 0.6 is 45.5 Å². The second-order valence-electron chi connectivity index (χ2n) is 3.50. The van der Waals surface area contributed by atoms with Crippen molar-refractivity contribution >= 4 is 45.5 Å². The Balaban J connectivity index is 2.30. The van der Waals surface area contributed by atoms with E-state index in [2.05, 4.69) is 24.0 Å². The van der Waals surface area contributed by atoms with Crippen molar-refractivity contribution in [1.82, 2.24) is 9.55 Å². The van der Waals surface area contributed by atoms with Crippen LogP contribution in [0.5, 0.6) is 0 Å². The molecule has 0 amide bonds. The van der Waals surface area contributed by atoms with Gasteiger partial charge in [0.1, 0.15) is 8.72 Å². The maximum absolute atomic E-state index is 11.9. The molecular weight excluding hydrogens is 371 g/mol. The van der Waals surface area contributed by atoms with Gasteiger partial charge in [0, 0.05) is 9.75 Å². The number of aryl methyl sites for hydroxylation is 1. The maximum atomic E-state index is 11.9. The monoisotopic (exact) mass is 380 g/mol. The zero-order chi connectivity index (χ0) is 12.4. The lowest BCUT2D eigenvalue weighted by molar-refractivity contribution is 0.739. The first-order valence-corrected chi connectivity index (χ1v) is 7.37. The molecule has 0 bridgehead atoms. The van der Waals surface area contributed by atoms with E-state index in [1.54, 1.807) is 15.9 Å². The normalized spacial score (nSPS) is 10.8. The zero-order valence-electron chi connectivity index (χ0n) is 9.11. The molecule has 0 saturated heterocycles. The standard InChI is InChI=1S/C11H10ClIN2OS/c1-2-7-3-4-8(17-7)5-15-6-14-10(12)9(13)11(15)16/h3-4,6H,2,5H2,1H3. The molecule has 2 rings (SSSR count). The third-order valence-corrected chi connectivity index (χ3v) is 5.12. The van der Waals surface area contributed by atoms with Crippen LogP contribution in [0.4, 0.5) is 0 Å². The van der Waals surface area contributed by atoms with Crippen LogP contribution in [0.15, 0.2) is 23.3 Å². The molecule has 0 fully saturated rings. The van der Waals surface area contributed by atoms with Crippen LogP contribution < -0.4 is 5.56 Å². The SMILES string of the molecule is CCc1ccc(Cn2cnc(Cl)c(I)c2=O)s1. The lowest BCUT2D eigenvalue weighted by Crippen LogP contribution is -2.23. The maximum Gasteiger partial charge on any atom is 0.268 e. The van der Waals surface area contributed by atoms with Crippen LogP contribution in [-0.4, -0.2) is 9.55 Å². The van der Waals surface area contributed by atoms with Crippen LogP contribution in [0.2, 0.25) is 5.15 Å². The number of aromatic nitrogens is 2. The van der Waals surface area contributed by atoms with Gasteiger partial charge in [-0.2, -0.15) is 0 Å². The van der Waals surface area contributed by atoms with Gasteiger partial charge in [-0.3, -0.25) is 9.36 Å². The van der Waals surface area contributed by atoms with E-state index in [-0.39, 0.29) is 10.7 Å². The van der Waals surface area contributed by atoms with E-state index in [4.69, 9.17) is 11.6 Å². The third kappa shape index (κ3) is 2.89. The molecular formula is C11H10ClIN2OS. The summed E-state index contributed by atoms with van der Waals surface area (Å²) in [5.41, 5.74) is -0.0861. The number of nitrogens with zero attached hydrogens (tertiary/aromatic N) is 2. The van der Waals surface area contributed by atoms with Crippen molar-refractivity contribution < 1.29 is 0 Å². The Morgan fingerprint density at radius 2 is 2.18 bits per heavy atom. The van der Waals surface area contributed by atoms with Gasteiger partial charge >= 0.3 is 0 Å². The molecule has 0 aromatic carbocycles. The van der Waals surface area contributed by atoms with Gasteiger partial charge in [-0.1, -0.05) is 18.5 Å². The number of thiophene rings is 1. The molecule has 90 valence electrons. The topological polar surface area (TPSA) is 34.9 Å². The molecule has 6 heteroatoms. The molecule has 0 spiro atoms. The highest BCUT2D eigenvalue weighted by Crippen LogP contribution is 2.18. The van der Waals surface area contributed by atoms with E-state index in [1.807, 2.05) is 22.6 Å². The van der Waals surface area contributed by atoms with Crippen LogP contribution in [-0.2, 0) is 13.0 Å². The van der Waals surface area contributed by atoms with Crippen molar-refractivity contribution in [2.75, 3.05) is 0 Å². The molecule has 0 aliphatic heterocycles. The van der Waals surface area contributed by atoms with Crippen LogP contribution in [0, 0.1) is 3.57 Å². The van der Waals surface area contributed by atoms with Gasteiger partial charge in [0.2, 0.25) is 0 Å². The Morgan fingerprint density at radius 1 is 1.47 bits per heavy atom. The molecule has 0 atom stereocenters. The second-order valence-corrected chi connectivity index (χ2v) is 6.19. The van der Waals surface area contributed by atoms with Crippen molar-refractivity contribution in [2.45, 2.75) is 19.9 Å². The summed E-state index contributed by atoms with van der Waals surface area (Å²) in [4.78, 5) is 18.4. The molecule has 0 aliphatic rings. The summed E-state index contributed by atoms with van der Waals surface area (Å²) < 4.78 is 2.05. The Bertz CT molecular complexity index is 593. The van der Waals surface area contributed by atoms with Crippen molar-refractivity contribution in [2.24, 2.45) is 0 Å². The van der Waals surface area contributed by atoms with Crippen molar-refractivity contribution in [3.8, 4) is 0 Å². The fourth-order valence-corrected chi connectivity index (χ4v) is 2.95. The van der Waals surface area contributed by atoms with Gasteiger partial charge in [-0.05, 0) is 41.1 Å². The first-order chi connectivity index (χ1) is 8.11. The lowest BCUT2D eigenvalue weighted by atomic mass is 10.3. The first-order valence-electron chi connectivity index (χ1n) is 5.10. The van der Waals surface area contributed by atoms with Gasteiger partial charge in [0.15, 0.2) is 0 Å². The average molecular weight is 381 g/mol. The third-order valence-electron chi connectivity index (χ3n) is 2.33. The van der Waals surface area contributed by atoms with Crippen LogP contribution in [0.1, 0.15) is 16.7 Å². The van der Waals surface area contributed by atoms with E-state index >= 15 is 0 Å². The number of rotatable bonds is 3. The summed E-state index contributed by atoms with van der Waals surface area (Å²) in [6, 6.07) is 4.15. The Hall–Kier alpha value is -0.400. The summed E-state index contributed by atoms with van der Waals surface area (Å²) >= 11 is 9.44. The molecule has 0 N–H and O–H groups in total. The highest BCUT2D eigenvalue weighted by Gasteiger charge is 2.08. The highest BCUT2D eigenvalue weighted by molar-refractivity contribution is 14.1. The highest BCUT2D eigenvalue weighted by atomic mass is 127. The molecule has 17 heavy (non-hydrogen) atoms. The molecule has 0 saturated carbocycles. The minimum atomic E-state index is -0.0861. The van der Waals surface area contributed by atoms with Gasteiger partial charge in [-0.15, -0.1) is 11.3 Å². The number of hydrogen-bond donors (Lipinski definition) is 0. The number of halogens is 2. The molecule has 0 aliphatic carbocycles. The summed E-state index contributed by atoms with van der Waals surface area (Å²) in [5.74, 6) is 0. The minimum Gasteiger partial charge on any atom is -0.293 e. The molecule has 0 unspecified atom stereocenters. The molecule has 3 nitrogen and oxygen atoms in total. The van der Waals surface area contributed by atoms with Gasteiger partial charge in [0.05, 0.1) is 12.9 Å². The van der Waals surface area contributed by atoms with Crippen LogP contribution in [0.25, 0.3) is 0 Å². The van der Waals surface area contributed by atoms with Gasteiger partial charge < -0.3 is 0 Å². The van der Waals surface area contributed by atoms with E-state index in [1.165, 1.54) is 11.2 Å². The summed E-state index contributed by atoms with van der Waals surface area (Å²) in [6.07, 6.45) is 2.52. The Morgan fingerprint density at radius 3 is 2.82 bits per heavy atom. The second kappa shape index (κ2) is 5.49. The first kappa shape index (κ1) is 13.0. The summed E-state index contributed by atoms with van der Waals surface area (Å²) in [7, 11) is 0. The Kier molecular flexibility index (Phi) is 4.22. The largest absolute Gasteiger partial charge is 0.293 e. The zero-order valence-corrected chi connectivity index (χ0v) is 12.8. The smallest absolute Gasteiger partial charge is 0.268 e. The van der Waals surface area contributed by atoms with Gasteiger partial charge in [-0.25, -0.2) is 4.98 Å². The van der Waals surface area contributed by atoms with Crippen molar-refractivity contribution in [3.63, 3.8) is 0 Å². The minimum absolute atomic E-state index is 0.0861. The summed E-state index contributed by atoms with van der Waals surface area (Å²) in [5, 5.41) is 0.271. The quantitative estimate of drug-likeness (QED) is 0.605. The lowest BCUT2D eigenvalue weighted by Gasteiger charge is -2.04. The Labute approximate surface area is 122 Å². The van der Waals surface area contributed by atoms with Crippen molar-refractivity contribution in [3.05, 3.63) is 47.3 Å². The van der Waals surface area contributed by atoms with E-state index < -0.39 is 0 Å². The average Bonchev–Trinajstić information content (AvgIpc) is 2.78. The summed E-state index contributed by atoms with van der Waals surface area (Å²) in [6.45, 7) is 2.68.